The molecule has 1 aromatic carbocycles. The minimum atomic E-state index is -1.79. The molecule has 1 aliphatic rings. The van der Waals surface area contributed by atoms with Crippen molar-refractivity contribution in [2.45, 2.75) is 95.6 Å². The van der Waals surface area contributed by atoms with Crippen LogP contribution >= 0.6 is 0 Å². The molecule has 304 valence electrons. The van der Waals surface area contributed by atoms with Crippen LogP contribution in [0.4, 0.5) is 0 Å². The number of nitrogens with one attached hydrogen (secondary N) is 5. The smallest absolute Gasteiger partial charge is 0.396 e. The molecule has 0 saturated carbocycles. The Labute approximate surface area is 318 Å². The minimum Gasteiger partial charge on any atom is -0.480 e. The molecular formula is C34H45N9O13. The molecule has 8 N–H and O–H groups in total. The summed E-state index contributed by atoms with van der Waals surface area (Å²) in [6, 6.07) is 1.17. The standard InChI is InChI=1S/C34H45N9O13/c1-16(2)10-21(29(48)39-26(18(4)45)32(51)52)36-28(47)22(11-19-8-6-5-7-9-19)37-30(49)23(14-44)38-31(50)33(53)55-15-24-20(41-42-35)12-25(56-24)43-13-17(3)27(46)40-34(43)54/h5-9,13,16,18,20-26,44-45H,10-12,14-15H2,1-4H3,(H,36,47)(H,37,49)(H,38,50)(H,39,48)(H,51,52)(H,40,46,54)/t18-,20+,21+,22+,23+,24-,25-,26+/m1/s1. The van der Waals surface area contributed by atoms with E-state index >= 15 is 0 Å². The summed E-state index contributed by atoms with van der Waals surface area (Å²) >= 11 is 0. The van der Waals surface area contributed by atoms with Crippen molar-refractivity contribution in [3.05, 3.63) is 78.9 Å². The number of aryl methyl sites for hydroxylation is 1. The van der Waals surface area contributed by atoms with Crippen LogP contribution in [0.15, 0.2) is 51.2 Å². The van der Waals surface area contributed by atoms with E-state index in [1.54, 1.807) is 44.2 Å². The number of nitrogens with zero attached hydrogens (tertiary/aromatic N) is 4. The topological polar surface area (TPSA) is 333 Å². The normalized spacial score (nSPS) is 18.9. The molecule has 0 aliphatic carbocycles. The summed E-state index contributed by atoms with van der Waals surface area (Å²) in [5, 5.41) is 42.0. The monoisotopic (exact) mass is 787 g/mol. The van der Waals surface area contributed by atoms with Gasteiger partial charge in [-0.3, -0.25) is 33.5 Å². The van der Waals surface area contributed by atoms with Gasteiger partial charge < -0.3 is 46.1 Å². The van der Waals surface area contributed by atoms with Crippen molar-refractivity contribution < 1.29 is 53.6 Å². The third kappa shape index (κ3) is 12.5. The van der Waals surface area contributed by atoms with Gasteiger partial charge in [0.1, 0.15) is 37.1 Å². The number of aromatic nitrogens is 2. The molecule has 0 bridgehead atoms. The molecule has 0 radical (unpaired) electrons. The van der Waals surface area contributed by atoms with Gasteiger partial charge in [-0.15, -0.1) is 0 Å². The lowest BCUT2D eigenvalue weighted by atomic mass is 10.00. The molecule has 1 saturated heterocycles. The molecule has 2 aromatic rings. The number of aliphatic hydroxyl groups excluding tert-OH is 2. The molecule has 1 aliphatic heterocycles. The van der Waals surface area contributed by atoms with E-state index in [0.717, 1.165) is 4.57 Å². The lowest BCUT2D eigenvalue weighted by Crippen LogP contribution is -2.60. The Morgan fingerprint density at radius 1 is 1.00 bits per heavy atom. The summed E-state index contributed by atoms with van der Waals surface area (Å²) in [5.74, 6) is -7.61. The Balaban J connectivity index is 1.71. The first kappa shape index (κ1) is 44.3. The third-order valence-corrected chi connectivity index (χ3v) is 8.53. The van der Waals surface area contributed by atoms with Crippen molar-refractivity contribution in [1.82, 2.24) is 30.8 Å². The van der Waals surface area contributed by atoms with Crippen molar-refractivity contribution in [3.8, 4) is 0 Å². The van der Waals surface area contributed by atoms with E-state index in [9.17, 15) is 53.7 Å². The first-order chi connectivity index (χ1) is 26.4. The third-order valence-electron chi connectivity index (χ3n) is 8.53. The number of rotatable bonds is 18. The summed E-state index contributed by atoms with van der Waals surface area (Å²) in [6.07, 6.45) is -2.56. The number of azide groups is 1. The first-order valence-electron chi connectivity index (χ1n) is 17.4. The molecule has 8 atom stereocenters. The van der Waals surface area contributed by atoms with E-state index < -0.39 is 109 Å². The number of carboxylic acid groups (broad SMARTS) is 1. The van der Waals surface area contributed by atoms with Gasteiger partial charge in [0.25, 0.3) is 5.56 Å². The second kappa shape index (κ2) is 20.6. The van der Waals surface area contributed by atoms with Gasteiger partial charge in [-0.25, -0.2) is 14.4 Å². The maximum Gasteiger partial charge on any atom is 0.396 e. The van der Waals surface area contributed by atoms with Gasteiger partial charge in [-0.2, -0.15) is 0 Å². The van der Waals surface area contributed by atoms with Gasteiger partial charge in [0.2, 0.25) is 17.7 Å². The van der Waals surface area contributed by atoms with Gasteiger partial charge in [-0.05, 0) is 37.3 Å². The number of aromatic amines is 1. The fraction of sp³-hybridized carbons (Fsp3) is 0.529. The molecule has 3 rings (SSSR count). The summed E-state index contributed by atoms with van der Waals surface area (Å²) in [5.41, 5.74) is 8.34. The summed E-state index contributed by atoms with van der Waals surface area (Å²) in [7, 11) is 0. The van der Waals surface area contributed by atoms with Crippen molar-refractivity contribution in [2.75, 3.05) is 13.2 Å². The summed E-state index contributed by atoms with van der Waals surface area (Å²) < 4.78 is 11.8. The predicted molar refractivity (Wildman–Crippen MR) is 192 cm³/mol. The van der Waals surface area contributed by atoms with Gasteiger partial charge >= 0.3 is 23.5 Å². The van der Waals surface area contributed by atoms with Crippen LogP contribution in [0, 0.1) is 12.8 Å². The highest BCUT2D eigenvalue weighted by Gasteiger charge is 2.38. The summed E-state index contributed by atoms with van der Waals surface area (Å²) in [4.78, 5) is 106. The number of ether oxygens (including phenoxy) is 2. The number of benzene rings is 1. The second-order valence-electron chi connectivity index (χ2n) is 13.4. The zero-order valence-corrected chi connectivity index (χ0v) is 30.9. The van der Waals surface area contributed by atoms with Crippen LogP contribution in [0.2, 0.25) is 0 Å². The van der Waals surface area contributed by atoms with E-state index in [2.05, 4.69) is 31.0 Å². The molecule has 1 aromatic heterocycles. The zero-order chi connectivity index (χ0) is 41.7. The number of carboxylic acids is 1. The highest BCUT2D eigenvalue weighted by Crippen LogP contribution is 2.30. The predicted octanol–water partition coefficient (Wildman–Crippen LogP) is -1.96. The van der Waals surface area contributed by atoms with Crippen molar-refractivity contribution in [2.24, 2.45) is 11.0 Å². The number of carbonyl (C=O) groups excluding carboxylic acids is 5. The number of hydrogen-bond donors (Lipinski definition) is 8. The average molecular weight is 788 g/mol. The molecule has 0 unspecified atom stereocenters. The lowest BCUT2D eigenvalue weighted by Gasteiger charge is -2.27. The molecule has 22 nitrogen and oxygen atoms in total. The van der Waals surface area contributed by atoms with Gasteiger partial charge in [0.05, 0.1) is 18.8 Å². The fourth-order valence-electron chi connectivity index (χ4n) is 5.61. The zero-order valence-electron chi connectivity index (χ0n) is 30.9. The molecule has 0 spiro atoms. The number of H-pyrrole nitrogens is 1. The van der Waals surface area contributed by atoms with Crippen LogP contribution in [0.3, 0.4) is 0 Å². The Hall–Kier alpha value is -6.09. The molecule has 56 heavy (non-hydrogen) atoms. The molecule has 1 fully saturated rings. The maximum atomic E-state index is 13.7. The summed E-state index contributed by atoms with van der Waals surface area (Å²) in [6.45, 7) is 4.42. The van der Waals surface area contributed by atoms with E-state index in [1.165, 1.54) is 20.0 Å². The van der Waals surface area contributed by atoms with Gasteiger partial charge in [-0.1, -0.05) is 49.3 Å². The van der Waals surface area contributed by atoms with Crippen LogP contribution in [0.1, 0.15) is 51.0 Å². The van der Waals surface area contributed by atoms with Crippen LogP contribution in [-0.4, -0.2) is 116 Å². The Kier molecular flexibility index (Phi) is 16.3. The number of amides is 4. The van der Waals surface area contributed by atoms with E-state index in [0.29, 0.717) is 5.56 Å². The Morgan fingerprint density at radius 3 is 2.21 bits per heavy atom. The SMILES string of the molecule is Cc1cn([C@H]2C[C@H](N=[N+]=[N-])[C@@H](COC(=O)C(=O)N[C@@H](CO)C(=O)N[C@@H](Cc3ccccc3)C(=O)N[C@@H](CC(C)C)C(=O)N[C@H](C(=O)O)[C@@H](C)O)O2)c(=O)[nH]c1=O. The van der Waals surface area contributed by atoms with Crippen molar-refractivity contribution >= 4 is 35.6 Å². The molecule has 22 heteroatoms. The quantitative estimate of drug-likeness (QED) is 0.0268. The van der Waals surface area contributed by atoms with Crippen LogP contribution in [0.25, 0.3) is 10.4 Å². The van der Waals surface area contributed by atoms with Crippen LogP contribution in [0.5, 0.6) is 0 Å². The first-order valence-corrected chi connectivity index (χ1v) is 17.4. The van der Waals surface area contributed by atoms with Gasteiger partial charge in [0, 0.05) is 29.5 Å². The number of hydrogen-bond acceptors (Lipinski definition) is 13. The number of carbonyl (C=O) groups is 6. The number of esters is 1. The number of aliphatic carboxylic acids is 1. The Morgan fingerprint density at radius 2 is 1.62 bits per heavy atom. The van der Waals surface area contributed by atoms with E-state index in [1.807, 2.05) is 5.32 Å². The minimum absolute atomic E-state index is 0.0363. The highest BCUT2D eigenvalue weighted by atomic mass is 16.6. The van der Waals surface area contributed by atoms with E-state index in [-0.39, 0.29) is 30.7 Å². The molecule has 4 amide bonds. The maximum absolute atomic E-state index is 13.7. The largest absolute Gasteiger partial charge is 0.480 e. The van der Waals surface area contributed by atoms with Gasteiger partial charge in [0.15, 0.2) is 6.04 Å². The molecular weight excluding hydrogens is 742 g/mol. The lowest BCUT2D eigenvalue weighted by molar-refractivity contribution is -0.159. The molecule has 2 heterocycles. The fourth-order valence-corrected chi connectivity index (χ4v) is 5.61. The number of aliphatic hydroxyl groups is 2. The average Bonchev–Trinajstić information content (AvgIpc) is 3.54. The van der Waals surface area contributed by atoms with Crippen LogP contribution in [-0.2, 0) is 44.7 Å². The van der Waals surface area contributed by atoms with Crippen molar-refractivity contribution in [1.29, 1.82) is 0 Å². The Bertz CT molecular complexity index is 1910. The van der Waals surface area contributed by atoms with Crippen molar-refractivity contribution in [3.63, 3.8) is 0 Å². The highest BCUT2D eigenvalue weighted by molar-refractivity contribution is 6.33. The second-order valence-corrected chi connectivity index (χ2v) is 13.4. The van der Waals surface area contributed by atoms with Crippen LogP contribution < -0.4 is 32.5 Å². The van der Waals surface area contributed by atoms with E-state index in [4.69, 9.17) is 15.0 Å².